The fourth-order valence-electron chi connectivity index (χ4n) is 2.92. The number of halogens is 2. The molecule has 0 aromatic heterocycles. The summed E-state index contributed by atoms with van der Waals surface area (Å²) in [6, 6.07) is 7.98. The predicted octanol–water partition coefficient (Wildman–Crippen LogP) is 4.12. The Morgan fingerprint density at radius 1 is 1.17 bits per heavy atom. The third-order valence-corrected chi connectivity index (χ3v) is 4.19. The third kappa shape index (κ3) is 3.42. The van der Waals surface area contributed by atoms with Crippen LogP contribution >= 0.6 is 0 Å². The van der Waals surface area contributed by atoms with Crippen LogP contribution in [0.2, 0.25) is 0 Å². The summed E-state index contributed by atoms with van der Waals surface area (Å²) in [4.78, 5) is 0. The summed E-state index contributed by atoms with van der Waals surface area (Å²) in [5.41, 5.74) is 3.66. The van der Waals surface area contributed by atoms with Gasteiger partial charge in [0.2, 0.25) is 0 Å². The number of alkyl halides is 2. The van der Waals surface area contributed by atoms with Crippen molar-refractivity contribution in [2.75, 3.05) is 13.7 Å². The molecule has 0 aliphatic rings. The molecule has 0 bridgehead atoms. The van der Waals surface area contributed by atoms with Gasteiger partial charge in [-0.1, -0.05) is 30.3 Å². The molecule has 0 saturated heterocycles. The fourth-order valence-corrected chi connectivity index (χ4v) is 2.92. The first-order valence-corrected chi connectivity index (χ1v) is 7.66. The zero-order valence-electron chi connectivity index (χ0n) is 14.2. The highest BCUT2D eigenvalue weighted by atomic mass is 19.3. The molecule has 130 valence electrons. The number of rotatable bonds is 5. The molecule has 1 unspecified atom stereocenters. The van der Waals surface area contributed by atoms with Crippen molar-refractivity contribution in [1.29, 1.82) is 0 Å². The van der Waals surface area contributed by atoms with E-state index in [1.165, 1.54) is 19.2 Å². The highest BCUT2D eigenvalue weighted by Crippen LogP contribution is 2.39. The van der Waals surface area contributed by atoms with Crippen molar-refractivity contribution in [2.45, 2.75) is 32.8 Å². The van der Waals surface area contributed by atoms with Gasteiger partial charge in [-0.3, -0.25) is 0 Å². The Labute approximate surface area is 140 Å². The number of methoxy groups -OCH3 is 1. The van der Waals surface area contributed by atoms with E-state index in [4.69, 9.17) is 4.74 Å². The number of benzene rings is 2. The van der Waals surface area contributed by atoms with Gasteiger partial charge < -0.3 is 14.9 Å². The van der Waals surface area contributed by atoms with E-state index in [1.54, 1.807) is 12.1 Å². The Morgan fingerprint density at radius 2 is 1.75 bits per heavy atom. The Balaban J connectivity index is 2.58. The molecule has 0 spiro atoms. The first-order valence-electron chi connectivity index (χ1n) is 7.66. The molecule has 2 aromatic carbocycles. The molecule has 2 aromatic rings. The van der Waals surface area contributed by atoms with Crippen LogP contribution in [-0.4, -0.2) is 23.9 Å². The maximum atomic E-state index is 13.4. The van der Waals surface area contributed by atoms with Crippen molar-refractivity contribution in [3.63, 3.8) is 0 Å². The molecule has 0 saturated carbocycles. The van der Waals surface area contributed by atoms with Gasteiger partial charge in [0.25, 0.3) is 5.92 Å². The monoisotopic (exact) mass is 336 g/mol. The SMILES string of the molecule is COc1c(C)c(-c2ccc(C(C)(F)F)cc2)cc(C)c1C(O)CO. The summed E-state index contributed by atoms with van der Waals surface area (Å²) in [7, 11) is 1.50. The fraction of sp³-hybridized carbons (Fsp3) is 0.368. The molecule has 2 rings (SSSR count). The summed E-state index contributed by atoms with van der Waals surface area (Å²) in [6.45, 7) is 4.11. The van der Waals surface area contributed by atoms with Crippen LogP contribution in [-0.2, 0) is 5.92 Å². The van der Waals surface area contributed by atoms with E-state index < -0.39 is 18.6 Å². The van der Waals surface area contributed by atoms with E-state index in [-0.39, 0.29) is 5.56 Å². The highest BCUT2D eigenvalue weighted by Gasteiger charge is 2.24. The second-order valence-corrected chi connectivity index (χ2v) is 5.98. The summed E-state index contributed by atoms with van der Waals surface area (Å²) in [5.74, 6) is -2.38. The molecule has 0 radical (unpaired) electrons. The van der Waals surface area contributed by atoms with Crippen LogP contribution in [0, 0.1) is 13.8 Å². The average molecular weight is 336 g/mol. The molecular weight excluding hydrogens is 314 g/mol. The number of hydrogen-bond acceptors (Lipinski definition) is 3. The average Bonchev–Trinajstić information content (AvgIpc) is 2.54. The van der Waals surface area contributed by atoms with Gasteiger partial charge in [-0.15, -0.1) is 0 Å². The first kappa shape index (κ1) is 18.4. The molecule has 0 amide bonds. The summed E-state index contributed by atoms with van der Waals surface area (Å²) < 4.78 is 32.1. The van der Waals surface area contributed by atoms with Crippen LogP contribution in [0.5, 0.6) is 5.75 Å². The molecule has 0 aliphatic carbocycles. The van der Waals surface area contributed by atoms with Crippen molar-refractivity contribution < 1.29 is 23.7 Å². The highest BCUT2D eigenvalue weighted by molar-refractivity contribution is 5.73. The quantitative estimate of drug-likeness (QED) is 0.864. The van der Waals surface area contributed by atoms with E-state index >= 15 is 0 Å². The van der Waals surface area contributed by atoms with Crippen molar-refractivity contribution in [3.05, 3.63) is 52.6 Å². The van der Waals surface area contributed by atoms with Crippen molar-refractivity contribution in [1.82, 2.24) is 0 Å². The topological polar surface area (TPSA) is 49.7 Å². The van der Waals surface area contributed by atoms with Crippen LogP contribution < -0.4 is 4.74 Å². The van der Waals surface area contributed by atoms with Gasteiger partial charge in [0.1, 0.15) is 11.9 Å². The number of ether oxygens (including phenoxy) is 1. The second kappa shape index (κ2) is 6.87. The third-order valence-electron chi connectivity index (χ3n) is 4.19. The predicted molar refractivity (Wildman–Crippen MR) is 89.5 cm³/mol. The Bertz CT molecular complexity index is 719. The molecule has 0 fully saturated rings. The van der Waals surface area contributed by atoms with Gasteiger partial charge >= 0.3 is 0 Å². The van der Waals surface area contributed by atoms with Crippen LogP contribution in [0.3, 0.4) is 0 Å². The minimum atomic E-state index is -2.88. The molecule has 2 N–H and O–H groups in total. The van der Waals surface area contributed by atoms with Crippen LogP contribution in [0.25, 0.3) is 11.1 Å². The smallest absolute Gasteiger partial charge is 0.270 e. The van der Waals surface area contributed by atoms with Crippen LogP contribution in [0.4, 0.5) is 8.78 Å². The lowest BCUT2D eigenvalue weighted by Crippen LogP contribution is -2.09. The number of aliphatic hydroxyl groups is 2. The van der Waals surface area contributed by atoms with Gasteiger partial charge in [0.05, 0.1) is 13.7 Å². The number of hydrogen-bond donors (Lipinski definition) is 2. The first-order chi connectivity index (χ1) is 11.2. The Kier molecular flexibility index (Phi) is 5.26. The van der Waals surface area contributed by atoms with Gasteiger partial charge in [0, 0.05) is 18.1 Å². The molecule has 3 nitrogen and oxygen atoms in total. The van der Waals surface area contributed by atoms with Crippen LogP contribution in [0.1, 0.15) is 35.3 Å². The van der Waals surface area contributed by atoms with E-state index in [1.807, 2.05) is 19.9 Å². The maximum Gasteiger partial charge on any atom is 0.270 e. The lowest BCUT2D eigenvalue weighted by atomic mass is 9.91. The number of aryl methyl sites for hydroxylation is 1. The zero-order valence-corrected chi connectivity index (χ0v) is 14.2. The molecule has 0 aliphatic heterocycles. The summed E-state index contributed by atoms with van der Waals surface area (Å²) in [6.07, 6.45) is -1.03. The minimum absolute atomic E-state index is 0.0417. The molecule has 24 heavy (non-hydrogen) atoms. The van der Waals surface area contributed by atoms with Crippen molar-refractivity contribution in [3.8, 4) is 16.9 Å². The zero-order chi connectivity index (χ0) is 18.1. The standard InChI is InChI=1S/C19H22F2O3/c1-11-9-15(12(2)18(24-4)17(11)16(23)10-22)13-5-7-14(8-6-13)19(3,20)21/h5-9,16,22-23H,10H2,1-4H3. The van der Waals surface area contributed by atoms with Crippen molar-refractivity contribution in [2.24, 2.45) is 0 Å². The summed E-state index contributed by atoms with van der Waals surface area (Å²) in [5, 5.41) is 19.3. The van der Waals surface area contributed by atoms with Crippen LogP contribution in [0.15, 0.2) is 30.3 Å². The van der Waals surface area contributed by atoms with Gasteiger partial charge in [-0.2, -0.15) is 0 Å². The van der Waals surface area contributed by atoms with E-state index in [0.29, 0.717) is 11.3 Å². The van der Waals surface area contributed by atoms with E-state index in [0.717, 1.165) is 29.2 Å². The van der Waals surface area contributed by atoms with Gasteiger partial charge in [-0.05, 0) is 36.1 Å². The molecule has 1 atom stereocenters. The molecular formula is C19H22F2O3. The Hall–Kier alpha value is -1.98. The van der Waals surface area contributed by atoms with Gasteiger partial charge in [-0.25, -0.2) is 8.78 Å². The lowest BCUT2D eigenvalue weighted by Gasteiger charge is -2.21. The molecule has 0 heterocycles. The maximum absolute atomic E-state index is 13.4. The van der Waals surface area contributed by atoms with E-state index in [2.05, 4.69) is 0 Å². The number of aliphatic hydroxyl groups excluding tert-OH is 2. The van der Waals surface area contributed by atoms with E-state index in [9.17, 15) is 19.0 Å². The minimum Gasteiger partial charge on any atom is -0.496 e. The largest absolute Gasteiger partial charge is 0.496 e. The molecule has 5 heteroatoms. The lowest BCUT2D eigenvalue weighted by molar-refractivity contribution is 0.0175. The van der Waals surface area contributed by atoms with Crippen molar-refractivity contribution >= 4 is 0 Å². The summed E-state index contributed by atoms with van der Waals surface area (Å²) >= 11 is 0. The Morgan fingerprint density at radius 3 is 2.21 bits per heavy atom. The normalized spacial score (nSPS) is 13.0. The van der Waals surface area contributed by atoms with Gasteiger partial charge in [0.15, 0.2) is 0 Å². The second-order valence-electron chi connectivity index (χ2n) is 5.98.